The van der Waals surface area contributed by atoms with Crippen LogP contribution in [0.5, 0.6) is 0 Å². The Hall–Kier alpha value is -0.550. The van der Waals surface area contributed by atoms with Crippen LogP contribution in [0.1, 0.15) is 51.9 Å². The van der Waals surface area contributed by atoms with Gasteiger partial charge in [-0.05, 0) is 31.7 Å². The molecule has 1 fully saturated rings. The highest BCUT2D eigenvalue weighted by Gasteiger charge is 2.21. The molecule has 1 N–H and O–H groups in total. The van der Waals surface area contributed by atoms with Gasteiger partial charge in [0.1, 0.15) is 0 Å². The lowest BCUT2D eigenvalue weighted by Gasteiger charge is -2.20. The molecule has 0 spiro atoms. The molecular formula is C12H22N2. The maximum Gasteiger partial charge on any atom is 0.0981 e. The van der Waals surface area contributed by atoms with Gasteiger partial charge in [-0.15, -0.1) is 0 Å². The third kappa shape index (κ3) is 3.67. The van der Waals surface area contributed by atoms with Gasteiger partial charge in [0.25, 0.3) is 0 Å². The predicted molar refractivity (Wildman–Crippen MR) is 58.9 cm³/mol. The second kappa shape index (κ2) is 6.84. The zero-order chi connectivity index (χ0) is 10.2. The molecule has 0 aromatic heterocycles. The number of hydrogen-bond donors (Lipinski definition) is 1. The molecule has 1 atom stereocenters. The minimum absolute atomic E-state index is 0.105. The number of nitrogens with one attached hydrogen (secondary N) is 1. The molecule has 2 nitrogen and oxygen atoms in total. The van der Waals surface area contributed by atoms with Crippen LogP contribution in [0.15, 0.2) is 0 Å². The van der Waals surface area contributed by atoms with E-state index in [0.717, 1.165) is 13.0 Å². The van der Waals surface area contributed by atoms with Crippen molar-refractivity contribution in [3.63, 3.8) is 0 Å². The van der Waals surface area contributed by atoms with Crippen molar-refractivity contribution in [3.8, 4) is 6.07 Å². The van der Waals surface area contributed by atoms with Crippen molar-refractivity contribution in [2.24, 2.45) is 5.92 Å². The maximum atomic E-state index is 9.08. The topological polar surface area (TPSA) is 35.8 Å². The van der Waals surface area contributed by atoms with E-state index >= 15 is 0 Å². The Labute approximate surface area is 87.7 Å². The molecule has 0 saturated heterocycles. The van der Waals surface area contributed by atoms with Crippen LogP contribution in [-0.2, 0) is 0 Å². The van der Waals surface area contributed by atoms with Crippen molar-refractivity contribution in [3.05, 3.63) is 0 Å². The number of rotatable bonds is 4. The van der Waals surface area contributed by atoms with Crippen molar-refractivity contribution >= 4 is 0 Å². The van der Waals surface area contributed by atoms with Crippen LogP contribution < -0.4 is 5.32 Å². The van der Waals surface area contributed by atoms with E-state index in [1.165, 1.54) is 38.5 Å². The Morgan fingerprint density at radius 3 is 2.43 bits per heavy atom. The number of hydrogen-bond acceptors (Lipinski definition) is 2. The Kier molecular flexibility index (Phi) is 5.63. The van der Waals surface area contributed by atoms with Crippen molar-refractivity contribution in [2.45, 2.75) is 57.9 Å². The Morgan fingerprint density at radius 1 is 1.29 bits per heavy atom. The van der Waals surface area contributed by atoms with E-state index < -0.39 is 0 Å². The second-order valence-electron chi connectivity index (χ2n) is 4.31. The summed E-state index contributed by atoms with van der Waals surface area (Å²) < 4.78 is 0. The fourth-order valence-corrected chi connectivity index (χ4v) is 2.26. The first-order valence-corrected chi connectivity index (χ1v) is 6.01. The SMILES string of the molecule is CCCNC(C#N)C1CCCCCC1. The summed E-state index contributed by atoms with van der Waals surface area (Å²) in [5.41, 5.74) is 0. The lowest BCUT2D eigenvalue weighted by Crippen LogP contribution is -2.35. The first-order valence-electron chi connectivity index (χ1n) is 6.01. The van der Waals surface area contributed by atoms with Crippen molar-refractivity contribution in [2.75, 3.05) is 6.54 Å². The third-order valence-corrected chi connectivity index (χ3v) is 3.12. The Balaban J connectivity index is 2.37. The molecule has 2 heteroatoms. The molecule has 1 aliphatic rings. The van der Waals surface area contributed by atoms with Gasteiger partial charge in [0.15, 0.2) is 0 Å². The monoisotopic (exact) mass is 194 g/mol. The van der Waals surface area contributed by atoms with E-state index in [1.54, 1.807) is 0 Å². The fraction of sp³-hybridized carbons (Fsp3) is 0.917. The molecule has 0 heterocycles. The molecule has 0 aromatic carbocycles. The maximum absolute atomic E-state index is 9.08. The quantitative estimate of drug-likeness (QED) is 0.698. The zero-order valence-electron chi connectivity index (χ0n) is 9.26. The molecule has 0 aliphatic heterocycles. The molecule has 1 saturated carbocycles. The third-order valence-electron chi connectivity index (χ3n) is 3.12. The molecule has 80 valence electrons. The van der Waals surface area contributed by atoms with E-state index in [9.17, 15) is 0 Å². The van der Waals surface area contributed by atoms with E-state index in [4.69, 9.17) is 5.26 Å². The summed E-state index contributed by atoms with van der Waals surface area (Å²) in [6, 6.07) is 2.53. The minimum Gasteiger partial charge on any atom is -0.302 e. The van der Waals surface area contributed by atoms with Crippen LogP contribution in [0, 0.1) is 17.2 Å². The van der Waals surface area contributed by atoms with E-state index in [-0.39, 0.29) is 6.04 Å². The summed E-state index contributed by atoms with van der Waals surface area (Å²) >= 11 is 0. The lowest BCUT2D eigenvalue weighted by atomic mass is 9.92. The summed E-state index contributed by atoms with van der Waals surface area (Å²) in [5, 5.41) is 12.4. The standard InChI is InChI=1S/C12H22N2/c1-2-9-14-12(10-13)11-7-5-3-4-6-8-11/h11-12,14H,2-9H2,1H3. The Bertz CT molecular complexity index is 175. The van der Waals surface area contributed by atoms with Gasteiger partial charge < -0.3 is 5.32 Å². The molecule has 14 heavy (non-hydrogen) atoms. The summed E-state index contributed by atoms with van der Waals surface area (Å²) in [5.74, 6) is 0.606. The van der Waals surface area contributed by atoms with Gasteiger partial charge in [-0.3, -0.25) is 0 Å². The van der Waals surface area contributed by atoms with Gasteiger partial charge >= 0.3 is 0 Å². The highest BCUT2D eigenvalue weighted by molar-refractivity contribution is 4.95. The summed E-state index contributed by atoms with van der Waals surface area (Å²) in [7, 11) is 0. The summed E-state index contributed by atoms with van der Waals surface area (Å²) in [6.07, 6.45) is 8.97. The highest BCUT2D eigenvalue weighted by Crippen LogP contribution is 2.25. The zero-order valence-corrected chi connectivity index (χ0v) is 9.26. The van der Waals surface area contributed by atoms with E-state index in [1.807, 2.05) is 0 Å². The molecule has 1 unspecified atom stereocenters. The lowest BCUT2D eigenvalue weighted by molar-refractivity contribution is 0.371. The predicted octanol–water partition coefficient (Wildman–Crippen LogP) is 2.85. The molecule has 0 radical (unpaired) electrons. The van der Waals surface area contributed by atoms with Crippen molar-refractivity contribution in [1.82, 2.24) is 5.32 Å². The smallest absolute Gasteiger partial charge is 0.0981 e. The van der Waals surface area contributed by atoms with E-state index in [0.29, 0.717) is 5.92 Å². The minimum atomic E-state index is 0.105. The molecule has 1 rings (SSSR count). The van der Waals surface area contributed by atoms with E-state index in [2.05, 4.69) is 18.3 Å². The molecule has 0 bridgehead atoms. The number of nitriles is 1. The molecule has 1 aliphatic carbocycles. The first kappa shape index (κ1) is 11.5. The Morgan fingerprint density at radius 2 is 1.93 bits per heavy atom. The fourth-order valence-electron chi connectivity index (χ4n) is 2.26. The van der Waals surface area contributed by atoms with Crippen molar-refractivity contribution < 1.29 is 0 Å². The summed E-state index contributed by atoms with van der Waals surface area (Å²) in [6.45, 7) is 3.13. The van der Waals surface area contributed by atoms with Crippen LogP contribution >= 0.6 is 0 Å². The highest BCUT2D eigenvalue weighted by atomic mass is 14.9. The first-order chi connectivity index (χ1) is 6.88. The van der Waals surface area contributed by atoms with Crippen LogP contribution in [0.25, 0.3) is 0 Å². The van der Waals surface area contributed by atoms with Gasteiger partial charge in [-0.2, -0.15) is 5.26 Å². The van der Waals surface area contributed by atoms with Gasteiger partial charge in [0.2, 0.25) is 0 Å². The van der Waals surface area contributed by atoms with Crippen LogP contribution in [0.3, 0.4) is 0 Å². The van der Waals surface area contributed by atoms with Crippen molar-refractivity contribution in [1.29, 1.82) is 5.26 Å². The average molecular weight is 194 g/mol. The average Bonchev–Trinajstić information content (AvgIpc) is 2.48. The van der Waals surface area contributed by atoms with Crippen LogP contribution in [0.2, 0.25) is 0 Å². The largest absolute Gasteiger partial charge is 0.302 e. The van der Waals surface area contributed by atoms with Crippen LogP contribution in [-0.4, -0.2) is 12.6 Å². The van der Waals surface area contributed by atoms with Gasteiger partial charge in [-0.25, -0.2) is 0 Å². The van der Waals surface area contributed by atoms with Gasteiger partial charge in [-0.1, -0.05) is 32.6 Å². The summed E-state index contributed by atoms with van der Waals surface area (Å²) in [4.78, 5) is 0. The molecule has 0 aromatic rings. The normalized spacial score (nSPS) is 21.1. The van der Waals surface area contributed by atoms with Crippen LogP contribution in [0.4, 0.5) is 0 Å². The molecule has 0 amide bonds. The van der Waals surface area contributed by atoms with Gasteiger partial charge in [0, 0.05) is 0 Å². The van der Waals surface area contributed by atoms with Gasteiger partial charge in [0.05, 0.1) is 12.1 Å². The molecular weight excluding hydrogens is 172 g/mol. The number of nitrogens with zero attached hydrogens (tertiary/aromatic N) is 1. The second-order valence-corrected chi connectivity index (χ2v) is 4.31.